The van der Waals surface area contributed by atoms with E-state index in [-0.39, 0.29) is 0 Å². The molecule has 4 aromatic rings. The summed E-state index contributed by atoms with van der Waals surface area (Å²) in [4.78, 5) is 4.61. The van der Waals surface area contributed by atoms with Crippen molar-refractivity contribution in [2.75, 3.05) is 11.9 Å². The van der Waals surface area contributed by atoms with Crippen LogP contribution in [0.25, 0.3) is 22.3 Å². The second kappa shape index (κ2) is 6.47. The summed E-state index contributed by atoms with van der Waals surface area (Å²) in [6, 6.07) is 9.40. The van der Waals surface area contributed by atoms with E-state index in [1.165, 1.54) is 0 Å². The number of aliphatic hydroxyl groups is 1. The van der Waals surface area contributed by atoms with E-state index in [4.69, 9.17) is 16.3 Å². The standard InChI is InChI=1S/C20H19ClN6O2/c1-20(28)7-8-29-16-9-11(3-4-13(16)20)18-24-19(27(2)26-18)23-15-6-5-14-12(17(15)21)10-22-25-14/h3-6,9-10,28H,7-8H2,1-2H3,(H,22,25)(H,23,24,26). The van der Waals surface area contributed by atoms with Gasteiger partial charge in [0.25, 0.3) is 0 Å². The van der Waals surface area contributed by atoms with Crippen LogP contribution in [-0.4, -0.2) is 36.7 Å². The molecule has 0 saturated carbocycles. The number of aromatic amines is 1. The molecule has 9 heteroatoms. The van der Waals surface area contributed by atoms with Crippen molar-refractivity contribution in [1.29, 1.82) is 0 Å². The minimum Gasteiger partial charge on any atom is -0.493 e. The van der Waals surface area contributed by atoms with Crippen molar-refractivity contribution < 1.29 is 9.84 Å². The van der Waals surface area contributed by atoms with E-state index in [1.54, 1.807) is 17.8 Å². The van der Waals surface area contributed by atoms with E-state index in [1.807, 2.05) is 37.4 Å². The zero-order valence-electron chi connectivity index (χ0n) is 15.9. The summed E-state index contributed by atoms with van der Waals surface area (Å²) in [7, 11) is 1.81. The first kappa shape index (κ1) is 18.0. The predicted molar refractivity (Wildman–Crippen MR) is 111 cm³/mol. The summed E-state index contributed by atoms with van der Waals surface area (Å²) in [5.74, 6) is 1.76. The number of halogens is 1. The van der Waals surface area contributed by atoms with Gasteiger partial charge in [-0.15, -0.1) is 5.10 Å². The lowest BCUT2D eigenvalue weighted by Gasteiger charge is -2.31. The number of nitrogens with zero attached hydrogens (tertiary/aromatic N) is 4. The van der Waals surface area contributed by atoms with E-state index >= 15 is 0 Å². The summed E-state index contributed by atoms with van der Waals surface area (Å²) in [5, 5.41) is 26.6. The molecule has 0 fully saturated rings. The summed E-state index contributed by atoms with van der Waals surface area (Å²) in [6.45, 7) is 2.27. The highest BCUT2D eigenvalue weighted by molar-refractivity contribution is 6.38. The lowest BCUT2D eigenvalue weighted by atomic mass is 9.89. The molecule has 5 rings (SSSR count). The number of benzene rings is 2. The molecule has 1 aliphatic heterocycles. The van der Waals surface area contributed by atoms with Gasteiger partial charge in [0.05, 0.1) is 34.6 Å². The highest BCUT2D eigenvalue weighted by Gasteiger charge is 2.31. The summed E-state index contributed by atoms with van der Waals surface area (Å²) >= 11 is 6.49. The number of anilines is 2. The zero-order valence-corrected chi connectivity index (χ0v) is 16.7. The fourth-order valence-corrected chi connectivity index (χ4v) is 3.80. The molecule has 0 bridgehead atoms. The van der Waals surface area contributed by atoms with Crippen LogP contribution in [0.3, 0.4) is 0 Å². The van der Waals surface area contributed by atoms with Crippen molar-refractivity contribution in [2.24, 2.45) is 7.05 Å². The van der Waals surface area contributed by atoms with Gasteiger partial charge in [-0.05, 0) is 25.1 Å². The molecule has 0 spiro atoms. The lowest BCUT2D eigenvalue weighted by Crippen LogP contribution is -2.29. The number of hydrogen-bond donors (Lipinski definition) is 3. The molecule has 2 aromatic carbocycles. The Balaban J connectivity index is 1.48. The Morgan fingerprint density at radius 2 is 2.17 bits per heavy atom. The van der Waals surface area contributed by atoms with Gasteiger partial charge in [-0.1, -0.05) is 23.7 Å². The second-order valence-electron chi connectivity index (χ2n) is 7.35. The molecule has 1 aliphatic rings. The van der Waals surface area contributed by atoms with E-state index < -0.39 is 5.60 Å². The monoisotopic (exact) mass is 410 g/mol. The van der Waals surface area contributed by atoms with Crippen LogP contribution in [0, 0.1) is 0 Å². The van der Waals surface area contributed by atoms with E-state index in [9.17, 15) is 5.11 Å². The quantitative estimate of drug-likeness (QED) is 0.475. The SMILES string of the molecule is Cn1nc(-c2ccc3c(c2)OCCC3(C)O)nc1Nc1ccc2[nH]ncc2c1Cl. The smallest absolute Gasteiger partial charge is 0.225 e. The third-order valence-electron chi connectivity index (χ3n) is 5.23. The maximum absolute atomic E-state index is 10.5. The van der Waals surface area contributed by atoms with Crippen LogP contribution in [0.1, 0.15) is 18.9 Å². The van der Waals surface area contributed by atoms with Crippen molar-refractivity contribution in [2.45, 2.75) is 18.9 Å². The maximum atomic E-state index is 10.5. The molecule has 3 N–H and O–H groups in total. The highest BCUT2D eigenvalue weighted by Crippen LogP contribution is 2.39. The number of H-pyrrole nitrogens is 1. The lowest BCUT2D eigenvalue weighted by molar-refractivity contribution is 0.0147. The Kier molecular flexibility index (Phi) is 4.01. The average Bonchev–Trinajstić information content (AvgIpc) is 3.31. The van der Waals surface area contributed by atoms with Gasteiger partial charge >= 0.3 is 0 Å². The van der Waals surface area contributed by atoms with Crippen molar-refractivity contribution >= 4 is 34.1 Å². The third-order valence-corrected chi connectivity index (χ3v) is 5.64. The van der Waals surface area contributed by atoms with Gasteiger partial charge in [0.15, 0.2) is 5.82 Å². The normalized spacial score (nSPS) is 18.5. The number of aromatic nitrogens is 5. The van der Waals surface area contributed by atoms with E-state index in [0.29, 0.717) is 41.3 Å². The highest BCUT2D eigenvalue weighted by atomic mass is 35.5. The van der Waals surface area contributed by atoms with Gasteiger partial charge in [0.1, 0.15) is 5.75 Å². The van der Waals surface area contributed by atoms with Crippen molar-refractivity contribution in [1.82, 2.24) is 25.0 Å². The molecule has 3 heterocycles. The molecular formula is C20H19ClN6O2. The number of ether oxygens (including phenoxy) is 1. The Hall–Kier alpha value is -3.10. The molecule has 148 valence electrons. The van der Waals surface area contributed by atoms with Gasteiger partial charge < -0.3 is 15.2 Å². The third kappa shape index (κ3) is 3.01. The molecular weight excluding hydrogens is 392 g/mol. The molecule has 29 heavy (non-hydrogen) atoms. The first-order valence-electron chi connectivity index (χ1n) is 9.22. The van der Waals surface area contributed by atoms with Crippen LogP contribution in [-0.2, 0) is 12.6 Å². The molecule has 0 aliphatic carbocycles. The summed E-state index contributed by atoms with van der Waals surface area (Å²) < 4.78 is 7.39. The van der Waals surface area contributed by atoms with Gasteiger partial charge in [0, 0.05) is 30.0 Å². The Morgan fingerprint density at radius 3 is 3.03 bits per heavy atom. The van der Waals surface area contributed by atoms with Gasteiger partial charge in [0.2, 0.25) is 5.95 Å². The fourth-order valence-electron chi connectivity index (χ4n) is 3.54. The Labute approximate surface area is 171 Å². The number of fused-ring (bicyclic) bond motifs is 2. The largest absolute Gasteiger partial charge is 0.493 e. The molecule has 8 nitrogen and oxygen atoms in total. The first-order chi connectivity index (χ1) is 13.9. The Morgan fingerprint density at radius 1 is 1.31 bits per heavy atom. The predicted octanol–water partition coefficient (Wildman–Crippen LogP) is 3.75. The molecule has 0 amide bonds. The summed E-state index contributed by atoms with van der Waals surface area (Å²) in [6.07, 6.45) is 2.25. The van der Waals surface area contributed by atoms with Gasteiger partial charge in [-0.25, -0.2) is 4.68 Å². The van der Waals surface area contributed by atoms with Crippen LogP contribution >= 0.6 is 11.6 Å². The molecule has 2 aromatic heterocycles. The van der Waals surface area contributed by atoms with E-state index in [0.717, 1.165) is 22.0 Å². The maximum Gasteiger partial charge on any atom is 0.225 e. The number of hydrogen-bond acceptors (Lipinski definition) is 6. The van der Waals surface area contributed by atoms with Crippen molar-refractivity contribution in [3.8, 4) is 17.1 Å². The van der Waals surface area contributed by atoms with Crippen LogP contribution in [0.15, 0.2) is 36.5 Å². The Bertz CT molecular complexity index is 1230. The zero-order chi connectivity index (χ0) is 20.2. The van der Waals surface area contributed by atoms with Crippen LogP contribution in [0.4, 0.5) is 11.6 Å². The molecule has 0 radical (unpaired) electrons. The topological polar surface area (TPSA) is 101 Å². The van der Waals surface area contributed by atoms with Crippen LogP contribution in [0.2, 0.25) is 5.02 Å². The summed E-state index contributed by atoms with van der Waals surface area (Å²) in [5.41, 5.74) is 2.28. The molecule has 0 saturated heterocycles. The van der Waals surface area contributed by atoms with Crippen molar-refractivity contribution in [3.05, 3.63) is 47.1 Å². The number of nitrogens with one attached hydrogen (secondary N) is 2. The van der Waals surface area contributed by atoms with Crippen LogP contribution in [0.5, 0.6) is 5.75 Å². The molecule has 1 atom stereocenters. The minimum absolute atomic E-state index is 0.473. The van der Waals surface area contributed by atoms with Gasteiger partial charge in [-0.2, -0.15) is 10.1 Å². The van der Waals surface area contributed by atoms with Crippen molar-refractivity contribution in [3.63, 3.8) is 0 Å². The second-order valence-corrected chi connectivity index (χ2v) is 7.73. The van der Waals surface area contributed by atoms with Crippen LogP contribution < -0.4 is 10.1 Å². The van der Waals surface area contributed by atoms with Gasteiger partial charge in [-0.3, -0.25) is 5.10 Å². The number of aryl methyl sites for hydroxylation is 1. The minimum atomic E-state index is -0.890. The fraction of sp³-hybridized carbons (Fsp3) is 0.250. The van der Waals surface area contributed by atoms with E-state index in [2.05, 4.69) is 25.6 Å². The molecule has 1 unspecified atom stereocenters. The number of rotatable bonds is 3. The average molecular weight is 411 g/mol. The first-order valence-corrected chi connectivity index (χ1v) is 9.60.